The van der Waals surface area contributed by atoms with Crippen molar-refractivity contribution in [2.45, 2.75) is 32.7 Å². The van der Waals surface area contributed by atoms with Crippen molar-refractivity contribution in [1.82, 2.24) is 5.32 Å². The second-order valence-electron chi connectivity index (χ2n) is 4.94. The standard InChI is InChI=1S/C14H20N2O/c1-10-7-8-15-13(9-10)14(17)16-12-6-4-3-5-11(12)2/h3-6,10,13,15H,7-9H2,1-2H3,(H,16,17). The predicted molar refractivity (Wildman–Crippen MR) is 70.0 cm³/mol. The molecule has 0 radical (unpaired) electrons. The van der Waals surface area contributed by atoms with E-state index >= 15 is 0 Å². The Morgan fingerprint density at radius 1 is 1.41 bits per heavy atom. The Bertz CT molecular complexity index is 403. The highest BCUT2D eigenvalue weighted by molar-refractivity contribution is 5.95. The maximum atomic E-state index is 12.1. The van der Waals surface area contributed by atoms with Crippen molar-refractivity contribution in [3.63, 3.8) is 0 Å². The zero-order chi connectivity index (χ0) is 12.3. The molecule has 2 N–H and O–H groups in total. The van der Waals surface area contributed by atoms with Gasteiger partial charge in [0.2, 0.25) is 5.91 Å². The first-order valence-electron chi connectivity index (χ1n) is 6.26. The number of benzene rings is 1. The lowest BCUT2D eigenvalue weighted by molar-refractivity contribution is -0.119. The molecule has 1 aromatic rings. The average Bonchev–Trinajstić information content (AvgIpc) is 2.32. The fourth-order valence-electron chi connectivity index (χ4n) is 2.24. The number of para-hydroxylation sites is 1. The first-order chi connectivity index (χ1) is 8.16. The van der Waals surface area contributed by atoms with Crippen LogP contribution in [-0.4, -0.2) is 18.5 Å². The van der Waals surface area contributed by atoms with Crippen molar-refractivity contribution >= 4 is 11.6 Å². The van der Waals surface area contributed by atoms with Crippen LogP contribution in [0.2, 0.25) is 0 Å². The molecule has 0 aliphatic carbocycles. The molecule has 92 valence electrons. The van der Waals surface area contributed by atoms with E-state index in [0.29, 0.717) is 5.92 Å². The smallest absolute Gasteiger partial charge is 0.241 e. The minimum Gasteiger partial charge on any atom is -0.324 e. The number of piperidine rings is 1. The first-order valence-corrected chi connectivity index (χ1v) is 6.26. The maximum Gasteiger partial charge on any atom is 0.241 e. The van der Waals surface area contributed by atoms with Gasteiger partial charge in [0, 0.05) is 5.69 Å². The molecule has 1 fully saturated rings. The number of hydrogen-bond acceptors (Lipinski definition) is 2. The minimum atomic E-state index is -0.0432. The van der Waals surface area contributed by atoms with Crippen molar-refractivity contribution in [3.05, 3.63) is 29.8 Å². The summed E-state index contributed by atoms with van der Waals surface area (Å²) >= 11 is 0. The van der Waals surface area contributed by atoms with Crippen LogP contribution in [0.4, 0.5) is 5.69 Å². The van der Waals surface area contributed by atoms with Gasteiger partial charge in [-0.25, -0.2) is 0 Å². The van der Waals surface area contributed by atoms with E-state index in [1.54, 1.807) is 0 Å². The van der Waals surface area contributed by atoms with Crippen LogP contribution in [-0.2, 0) is 4.79 Å². The molecular formula is C14H20N2O. The summed E-state index contributed by atoms with van der Waals surface area (Å²) in [6.07, 6.45) is 2.09. The number of carbonyl (C=O) groups excluding carboxylic acids is 1. The highest BCUT2D eigenvalue weighted by atomic mass is 16.2. The van der Waals surface area contributed by atoms with Crippen LogP contribution < -0.4 is 10.6 Å². The van der Waals surface area contributed by atoms with E-state index in [-0.39, 0.29) is 11.9 Å². The van der Waals surface area contributed by atoms with Gasteiger partial charge in [-0.05, 0) is 43.9 Å². The van der Waals surface area contributed by atoms with Gasteiger partial charge in [-0.1, -0.05) is 25.1 Å². The van der Waals surface area contributed by atoms with Crippen molar-refractivity contribution in [1.29, 1.82) is 0 Å². The highest BCUT2D eigenvalue weighted by Crippen LogP contribution is 2.18. The monoisotopic (exact) mass is 232 g/mol. The third-order valence-electron chi connectivity index (χ3n) is 3.39. The summed E-state index contributed by atoms with van der Waals surface area (Å²) in [6, 6.07) is 7.83. The normalized spacial score (nSPS) is 24.4. The molecule has 2 rings (SSSR count). The van der Waals surface area contributed by atoms with Crippen molar-refractivity contribution < 1.29 is 4.79 Å². The van der Waals surface area contributed by atoms with Crippen LogP contribution in [0.1, 0.15) is 25.3 Å². The molecule has 1 heterocycles. The lowest BCUT2D eigenvalue weighted by atomic mass is 9.94. The quantitative estimate of drug-likeness (QED) is 0.821. The van der Waals surface area contributed by atoms with Gasteiger partial charge in [-0.2, -0.15) is 0 Å². The molecule has 2 atom stereocenters. The summed E-state index contributed by atoms with van der Waals surface area (Å²) in [5, 5.41) is 6.28. The minimum absolute atomic E-state index is 0.0432. The van der Waals surface area contributed by atoms with Gasteiger partial charge in [0.25, 0.3) is 0 Å². The highest BCUT2D eigenvalue weighted by Gasteiger charge is 2.24. The van der Waals surface area contributed by atoms with Crippen LogP contribution in [0.15, 0.2) is 24.3 Å². The Balaban J connectivity index is 1.99. The Kier molecular flexibility index (Phi) is 3.79. The molecule has 0 spiro atoms. The van der Waals surface area contributed by atoms with Crippen LogP contribution in [0.5, 0.6) is 0 Å². The maximum absolute atomic E-state index is 12.1. The fraction of sp³-hybridized carbons (Fsp3) is 0.500. The van der Waals surface area contributed by atoms with Gasteiger partial charge in [0.15, 0.2) is 0 Å². The topological polar surface area (TPSA) is 41.1 Å². The number of anilines is 1. The molecule has 2 unspecified atom stereocenters. The fourth-order valence-corrected chi connectivity index (χ4v) is 2.24. The van der Waals surface area contributed by atoms with Gasteiger partial charge in [0.1, 0.15) is 0 Å². The zero-order valence-corrected chi connectivity index (χ0v) is 10.5. The summed E-state index contributed by atoms with van der Waals surface area (Å²) in [7, 11) is 0. The summed E-state index contributed by atoms with van der Waals surface area (Å²) in [6.45, 7) is 5.15. The Hall–Kier alpha value is -1.35. The predicted octanol–water partition coefficient (Wildman–Crippen LogP) is 2.32. The van der Waals surface area contributed by atoms with E-state index in [4.69, 9.17) is 0 Å². The lowest BCUT2D eigenvalue weighted by Crippen LogP contribution is -2.45. The van der Waals surface area contributed by atoms with Crippen molar-refractivity contribution in [3.8, 4) is 0 Å². The Labute approximate surface area is 103 Å². The molecule has 3 nitrogen and oxygen atoms in total. The summed E-state index contributed by atoms with van der Waals surface area (Å²) in [4.78, 5) is 12.1. The van der Waals surface area contributed by atoms with Crippen molar-refractivity contribution in [2.75, 3.05) is 11.9 Å². The summed E-state index contributed by atoms with van der Waals surface area (Å²) < 4.78 is 0. The molecule has 17 heavy (non-hydrogen) atoms. The van der Waals surface area contributed by atoms with E-state index < -0.39 is 0 Å². The first kappa shape index (κ1) is 12.1. The Morgan fingerprint density at radius 2 is 2.18 bits per heavy atom. The van der Waals surface area contributed by atoms with Gasteiger partial charge in [0.05, 0.1) is 6.04 Å². The third kappa shape index (κ3) is 3.07. The van der Waals surface area contributed by atoms with Crippen LogP contribution in [0, 0.1) is 12.8 Å². The van der Waals surface area contributed by atoms with Crippen LogP contribution in [0.25, 0.3) is 0 Å². The molecule has 3 heteroatoms. The second-order valence-corrected chi connectivity index (χ2v) is 4.94. The van der Waals surface area contributed by atoms with E-state index in [0.717, 1.165) is 30.6 Å². The molecule has 1 amide bonds. The van der Waals surface area contributed by atoms with Gasteiger partial charge < -0.3 is 10.6 Å². The number of rotatable bonds is 2. The molecule has 1 aromatic carbocycles. The van der Waals surface area contributed by atoms with E-state index in [1.165, 1.54) is 0 Å². The van der Waals surface area contributed by atoms with E-state index in [9.17, 15) is 4.79 Å². The van der Waals surface area contributed by atoms with Crippen molar-refractivity contribution in [2.24, 2.45) is 5.92 Å². The number of aryl methyl sites for hydroxylation is 1. The Morgan fingerprint density at radius 3 is 2.88 bits per heavy atom. The number of carbonyl (C=O) groups is 1. The number of nitrogens with one attached hydrogen (secondary N) is 2. The number of hydrogen-bond donors (Lipinski definition) is 2. The average molecular weight is 232 g/mol. The molecule has 1 aliphatic heterocycles. The van der Waals surface area contributed by atoms with Gasteiger partial charge >= 0.3 is 0 Å². The van der Waals surface area contributed by atoms with Gasteiger partial charge in [-0.3, -0.25) is 4.79 Å². The number of amides is 1. The largest absolute Gasteiger partial charge is 0.324 e. The van der Waals surface area contributed by atoms with Crippen LogP contribution >= 0.6 is 0 Å². The molecule has 0 saturated carbocycles. The molecule has 1 aliphatic rings. The molecule has 0 aromatic heterocycles. The van der Waals surface area contributed by atoms with E-state index in [1.807, 2.05) is 31.2 Å². The molecular weight excluding hydrogens is 212 g/mol. The summed E-state index contributed by atoms with van der Waals surface area (Å²) in [5.74, 6) is 0.717. The summed E-state index contributed by atoms with van der Waals surface area (Å²) in [5.41, 5.74) is 2.02. The van der Waals surface area contributed by atoms with Crippen LogP contribution in [0.3, 0.4) is 0 Å². The lowest BCUT2D eigenvalue weighted by Gasteiger charge is -2.27. The van der Waals surface area contributed by atoms with E-state index in [2.05, 4.69) is 17.6 Å². The molecule has 1 saturated heterocycles. The molecule has 0 bridgehead atoms. The SMILES string of the molecule is Cc1ccccc1NC(=O)C1CC(C)CCN1. The van der Waals surface area contributed by atoms with Gasteiger partial charge in [-0.15, -0.1) is 0 Å². The zero-order valence-electron chi connectivity index (χ0n) is 10.5. The third-order valence-corrected chi connectivity index (χ3v) is 3.39. The second kappa shape index (κ2) is 5.32.